The predicted molar refractivity (Wildman–Crippen MR) is 90.6 cm³/mol. The van der Waals surface area contributed by atoms with Crippen LogP contribution in [0.15, 0.2) is 0 Å². The molecule has 0 spiro atoms. The Labute approximate surface area is 132 Å². The molecule has 1 saturated heterocycles. The van der Waals surface area contributed by atoms with Gasteiger partial charge in [0.05, 0.1) is 12.7 Å². The molecular formula is C19H37NO. The van der Waals surface area contributed by atoms with E-state index in [0.717, 1.165) is 12.5 Å². The van der Waals surface area contributed by atoms with E-state index < -0.39 is 0 Å². The smallest absolute Gasteiger partial charge is 0.0538 e. The lowest BCUT2D eigenvalue weighted by molar-refractivity contribution is 0.0260. The molecule has 0 aromatic rings. The van der Waals surface area contributed by atoms with E-state index in [-0.39, 0.29) is 0 Å². The first kappa shape index (κ1) is 17.3. The molecule has 2 rings (SSSR count). The summed E-state index contributed by atoms with van der Waals surface area (Å²) in [6.45, 7) is 16.3. The van der Waals surface area contributed by atoms with E-state index in [4.69, 9.17) is 4.74 Å². The second-order valence-corrected chi connectivity index (χ2v) is 9.18. The molecule has 0 amide bonds. The van der Waals surface area contributed by atoms with Crippen LogP contribution in [0.2, 0.25) is 0 Å². The van der Waals surface area contributed by atoms with Gasteiger partial charge >= 0.3 is 0 Å². The van der Waals surface area contributed by atoms with Gasteiger partial charge in [-0.25, -0.2) is 0 Å². The van der Waals surface area contributed by atoms with Crippen molar-refractivity contribution in [1.29, 1.82) is 0 Å². The number of nitrogens with zero attached hydrogens (tertiary/aromatic N) is 1. The van der Waals surface area contributed by atoms with Gasteiger partial charge in [-0.2, -0.15) is 0 Å². The molecule has 0 unspecified atom stereocenters. The fourth-order valence-corrected chi connectivity index (χ4v) is 3.41. The van der Waals surface area contributed by atoms with Crippen molar-refractivity contribution in [3.8, 4) is 0 Å². The van der Waals surface area contributed by atoms with Crippen LogP contribution in [0.5, 0.6) is 0 Å². The predicted octanol–water partition coefficient (Wildman–Crippen LogP) is 4.73. The monoisotopic (exact) mass is 295 g/mol. The Balaban J connectivity index is 1.65. The topological polar surface area (TPSA) is 12.5 Å². The Hall–Kier alpha value is -0.0800. The minimum atomic E-state index is 0.380. The largest absolute Gasteiger partial charge is 0.378 e. The Bertz CT molecular complexity index is 306. The quantitative estimate of drug-likeness (QED) is 0.673. The normalized spacial score (nSPS) is 23.7. The zero-order chi connectivity index (χ0) is 15.5. The summed E-state index contributed by atoms with van der Waals surface area (Å²) in [6.07, 6.45) is 8.77. The van der Waals surface area contributed by atoms with Crippen molar-refractivity contribution >= 4 is 0 Å². The van der Waals surface area contributed by atoms with Gasteiger partial charge in [-0.1, -0.05) is 20.8 Å². The van der Waals surface area contributed by atoms with Crippen molar-refractivity contribution in [3.63, 3.8) is 0 Å². The third kappa shape index (κ3) is 6.28. The SMILES string of the molecule is CC(C)OCC1(CN2CCC(CCC(C)(C)C)CC2)CC1. The molecule has 1 aliphatic heterocycles. The number of likely N-dealkylation sites (tertiary alicyclic amines) is 1. The van der Waals surface area contributed by atoms with Gasteiger partial charge < -0.3 is 9.64 Å². The van der Waals surface area contributed by atoms with Crippen LogP contribution in [0.3, 0.4) is 0 Å². The molecule has 0 radical (unpaired) electrons. The van der Waals surface area contributed by atoms with E-state index in [1.54, 1.807) is 0 Å². The van der Waals surface area contributed by atoms with E-state index in [9.17, 15) is 0 Å². The second-order valence-electron chi connectivity index (χ2n) is 9.18. The Morgan fingerprint density at radius 1 is 1.14 bits per heavy atom. The summed E-state index contributed by atoms with van der Waals surface area (Å²) in [4.78, 5) is 2.71. The number of hydrogen-bond acceptors (Lipinski definition) is 2. The van der Waals surface area contributed by atoms with Gasteiger partial charge in [-0.05, 0) is 76.8 Å². The molecule has 0 atom stereocenters. The molecule has 1 aliphatic carbocycles. The highest BCUT2D eigenvalue weighted by molar-refractivity contribution is 4.96. The van der Waals surface area contributed by atoms with Crippen LogP contribution in [-0.4, -0.2) is 37.2 Å². The van der Waals surface area contributed by atoms with Gasteiger partial charge in [0.1, 0.15) is 0 Å². The van der Waals surface area contributed by atoms with Crippen molar-refractivity contribution in [1.82, 2.24) is 4.90 Å². The number of rotatable bonds is 7. The van der Waals surface area contributed by atoms with E-state index in [0.29, 0.717) is 16.9 Å². The summed E-state index contributed by atoms with van der Waals surface area (Å²) in [5, 5.41) is 0. The molecule has 1 heterocycles. The molecule has 0 N–H and O–H groups in total. The maximum Gasteiger partial charge on any atom is 0.0538 e. The zero-order valence-electron chi connectivity index (χ0n) is 15.1. The molecule has 2 fully saturated rings. The van der Waals surface area contributed by atoms with E-state index in [1.165, 1.54) is 58.2 Å². The Morgan fingerprint density at radius 3 is 2.24 bits per heavy atom. The fraction of sp³-hybridized carbons (Fsp3) is 1.00. The first-order valence-corrected chi connectivity index (χ1v) is 9.12. The van der Waals surface area contributed by atoms with Crippen LogP contribution in [0.4, 0.5) is 0 Å². The lowest BCUT2D eigenvalue weighted by Crippen LogP contribution is -2.39. The third-order valence-electron chi connectivity index (χ3n) is 5.25. The number of piperidine rings is 1. The summed E-state index contributed by atoms with van der Waals surface area (Å²) in [7, 11) is 0. The summed E-state index contributed by atoms with van der Waals surface area (Å²) < 4.78 is 5.88. The molecule has 2 nitrogen and oxygen atoms in total. The summed E-state index contributed by atoms with van der Waals surface area (Å²) in [6, 6.07) is 0. The van der Waals surface area contributed by atoms with E-state index in [2.05, 4.69) is 39.5 Å². The highest BCUT2D eigenvalue weighted by Gasteiger charge is 2.44. The van der Waals surface area contributed by atoms with Crippen molar-refractivity contribution in [2.24, 2.45) is 16.7 Å². The first-order valence-electron chi connectivity index (χ1n) is 9.12. The molecule has 0 aromatic heterocycles. The molecule has 0 bridgehead atoms. The van der Waals surface area contributed by atoms with Crippen molar-refractivity contribution in [2.45, 2.75) is 79.2 Å². The van der Waals surface area contributed by atoms with E-state index in [1.807, 2.05) is 0 Å². The maximum atomic E-state index is 5.88. The van der Waals surface area contributed by atoms with Gasteiger partial charge in [0, 0.05) is 12.0 Å². The standard InChI is InChI=1S/C19H37NO/c1-16(2)21-15-19(10-11-19)14-20-12-7-17(8-13-20)6-9-18(3,4)5/h16-17H,6-15H2,1-5H3. The van der Waals surface area contributed by atoms with Gasteiger partial charge in [0.15, 0.2) is 0 Å². The second kappa shape index (κ2) is 7.00. The maximum absolute atomic E-state index is 5.88. The summed E-state index contributed by atoms with van der Waals surface area (Å²) >= 11 is 0. The van der Waals surface area contributed by atoms with Gasteiger partial charge in [0.2, 0.25) is 0 Å². The molecular weight excluding hydrogens is 258 g/mol. The Morgan fingerprint density at radius 2 is 1.76 bits per heavy atom. The highest BCUT2D eigenvalue weighted by Crippen LogP contribution is 2.47. The van der Waals surface area contributed by atoms with Crippen LogP contribution < -0.4 is 0 Å². The number of ether oxygens (including phenoxy) is 1. The molecule has 2 heteroatoms. The third-order valence-corrected chi connectivity index (χ3v) is 5.25. The summed E-state index contributed by atoms with van der Waals surface area (Å²) in [5.41, 5.74) is 1.02. The molecule has 124 valence electrons. The number of hydrogen-bond donors (Lipinski definition) is 0. The van der Waals surface area contributed by atoms with Crippen LogP contribution in [0.25, 0.3) is 0 Å². The van der Waals surface area contributed by atoms with Crippen LogP contribution >= 0.6 is 0 Å². The van der Waals surface area contributed by atoms with E-state index >= 15 is 0 Å². The lowest BCUT2D eigenvalue weighted by atomic mass is 9.83. The van der Waals surface area contributed by atoms with Crippen molar-refractivity contribution in [3.05, 3.63) is 0 Å². The van der Waals surface area contributed by atoms with Crippen LogP contribution in [-0.2, 0) is 4.74 Å². The van der Waals surface area contributed by atoms with Gasteiger partial charge in [0.25, 0.3) is 0 Å². The van der Waals surface area contributed by atoms with Gasteiger partial charge in [-0.3, -0.25) is 0 Å². The minimum absolute atomic E-state index is 0.380. The fourth-order valence-electron chi connectivity index (χ4n) is 3.41. The first-order chi connectivity index (χ1) is 9.78. The molecule has 0 aromatic carbocycles. The highest BCUT2D eigenvalue weighted by atomic mass is 16.5. The average Bonchev–Trinajstić information content (AvgIpc) is 3.15. The Kier molecular flexibility index (Phi) is 5.76. The van der Waals surface area contributed by atoms with Crippen molar-refractivity contribution < 1.29 is 4.74 Å². The molecule has 1 saturated carbocycles. The zero-order valence-corrected chi connectivity index (χ0v) is 15.1. The summed E-state index contributed by atoms with van der Waals surface area (Å²) in [5.74, 6) is 0.975. The lowest BCUT2D eigenvalue weighted by Gasteiger charge is -2.35. The molecule has 21 heavy (non-hydrogen) atoms. The average molecular weight is 296 g/mol. The van der Waals surface area contributed by atoms with Crippen molar-refractivity contribution in [2.75, 3.05) is 26.2 Å². The van der Waals surface area contributed by atoms with Crippen LogP contribution in [0.1, 0.15) is 73.1 Å². The van der Waals surface area contributed by atoms with Crippen LogP contribution in [0, 0.1) is 16.7 Å². The van der Waals surface area contributed by atoms with Gasteiger partial charge in [-0.15, -0.1) is 0 Å². The minimum Gasteiger partial charge on any atom is -0.378 e. The molecule has 2 aliphatic rings.